The van der Waals surface area contributed by atoms with E-state index in [-0.39, 0.29) is 32.2 Å². The van der Waals surface area contributed by atoms with Crippen LogP contribution in [0.25, 0.3) is 61.6 Å². The van der Waals surface area contributed by atoms with E-state index in [1.807, 2.05) is 91.0 Å². The number of hydrogen-bond acceptors (Lipinski definition) is 4. The summed E-state index contributed by atoms with van der Waals surface area (Å²) in [6.45, 7) is 6.49. The average Bonchev–Trinajstić information content (AvgIpc) is 3.48. The Hall–Kier alpha value is -5.30. The minimum Gasteiger partial charge on any atom is -0.507 e. The number of fused-ring (bicyclic) bond motifs is 1. The van der Waals surface area contributed by atoms with Gasteiger partial charge in [0.1, 0.15) is 17.6 Å². The SMILES string of the molecule is CC(C)(C)c1ccc(O)c(-c2nc3c(-c4[c-]c(-c5cc(-c6ccccc6)c(C#N)cn5)ccc4)cccc3n2-c2ccccc2)c1.[Pt]. The molecule has 0 saturated carbocycles. The van der Waals surface area contributed by atoms with Crippen molar-refractivity contribution in [1.29, 1.82) is 5.26 Å². The third-order valence-electron chi connectivity index (χ3n) is 8.27. The zero-order chi connectivity index (χ0) is 31.8. The molecule has 0 aliphatic carbocycles. The maximum atomic E-state index is 11.2. The zero-order valence-corrected chi connectivity index (χ0v) is 28.4. The van der Waals surface area contributed by atoms with Gasteiger partial charge in [0, 0.05) is 38.6 Å². The quantitative estimate of drug-likeness (QED) is 0.176. The number of benzene rings is 5. The van der Waals surface area contributed by atoms with Gasteiger partial charge in [-0.15, -0.1) is 29.8 Å². The largest absolute Gasteiger partial charge is 0.507 e. The third kappa shape index (κ3) is 6.01. The Kier molecular flexibility index (Phi) is 8.65. The van der Waals surface area contributed by atoms with Crippen molar-refractivity contribution < 1.29 is 26.2 Å². The fourth-order valence-electron chi connectivity index (χ4n) is 5.84. The van der Waals surface area contributed by atoms with Crippen LogP contribution in [0.2, 0.25) is 0 Å². The number of nitrogens with zero attached hydrogens (tertiary/aromatic N) is 4. The van der Waals surface area contributed by atoms with Crippen molar-refractivity contribution in [2.24, 2.45) is 0 Å². The van der Waals surface area contributed by atoms with E-state index < -0.39 is 0 Å². The first-order valence-corrected chi connectivity index (χ1v) is 15.2. The molecule has 7 rings (SSSR count). The Morgan fingerprint density at radius 3 is 2.17 bits per heavy atom. The Labute approximate surface area is 289 Å². The van der Waals surface area contributed by atoms with E-state index in [1.54, 1.807) is 12.3 Å². The number of pyridine rings is 1. The molecule has 0 atom stereocenters. The molecule has 0 unspecified atom stereocenters. The summed E-state index contributed by atoms with van der Waals surface area (Å²) in [5.41, 5.74) is 9.98. The maximum absolute atomic E-state index is 11.2. The second-order valence-corrected chi connectivity index (χ2v) is 12.3. The number of phenolic OH excluding ortho intramolecular Hbond substituents is 1. The smallest absolute Gasteiger partial charge is 0.148 e. The van der Waals surface area contributed by atoms with Gasteiger partial charge >= 0.3 is 0 Å². The fraction of sp³-hybridized carbons (Fsp3) is 0.0976. The summed E-state index contributed by atoms with van der Waals surface area (Å²) in [4.78, 5) is 9.87. The Balaban J connectivity index is 0.00000386. The van der Waals surface area contributed by atoms with E-state index in [0.29, 0.717) is 17.0 Å². The number of para-hydroxylation sites is 2. The Morgan fingerprint density at radius 1 is 0.745 bits per heavy atom. The molecule has 232 valence electrons. The first-order valence-electron chi connectivity index (χ1n) is 15.2. The second kappa shape index (κ2) is 12.8. The summed E-state index contributed by atoms with van der Waals surface area (Å²) < 4.78 is 2.11. The van der Waals surface area contributed by atoms with Gasteiger partial charge in [-0.25, -0.2) is 4.98 Å². The van der Waals surface area contributed by atoms with Gasteiger partial charge in [-0.05, 0) is 52.4 Å². The van der Waals surface area contributed by atoms with Crippen molar-refractivity contribution in [3.63, 3.8) is 0 Å². The molecule has 0 bridgehead atoms. The molecule has 0 amide bonds. The van der Waals surface area contributed by atoms with Crippen molar-refractivity contribution in [3.8, 4) is 62.4 Å². The molecular formula is C41H31N4OPt-. The number of aromatic nitrogens is 3. The van der Waals surface area contributed by atoms with Crippen LogP contribution in [0, 0.1) is 17.4 Å². The van der Waals surface area contributed by atoms with Crippen LogP contribution in [0.15, 0.2) is 128 Å². The molecule has 1 N–H and O–H groups in total. The van der Waals surface area contributed by atoms with Gasteiger partial charge in [0.25, 0.3) is 0 Å². The topological polar surface area (TPSA) is 74.7 Å². The summed E-state index contributed by atoms with van der Waals surface area (Å²) in [6, 6.07) is 45.7. The molecule has 2 heterocycles. The van der Waals surface area contributed by atoms with Crippen molar-refractivity contribution >= 4 is 11.0 Å². The van der Waals surface area contributed by atoms with Crippen LogP contribution in [0.4, 0.5) is 0 Å². The molecule has 47 heavy (non-hydrogen) atoms. The molecule has 0 aliphatic heterocycles. The van der Waals surface area contributed by atoms with Crippen LogP contribution in [0.5, 0.6) is 5.75 Å². The van der Waals surface area contributed by atoms with E-state index in [4.69, 9.17) is 4.98 Å². The summed E-state index contributed by atoms with van der Waals surface area (Å²) in [5.74, 6) is 0.839. The third-order valence-corrected chi connectivity index (χ3v) is 8.27. The molecule has 0 saturated heterocycles. The first kappa shape index (κ1) is 31.7. The number of hydrogen-bond donors (Lipinski definition) is 1. The molecule has 5 nitrogen and oxygen atoms in total. The minimum atomic E-state index is -0.105. The molecule has 0 radical (unpaired) electrons. The summed E-state index contributed by atoms with van der Waals surface area (Å²) in [6.07, 6.45) is 1.63. The van der Waals surface area contributed by atoms with E-state index in [0.717, 1.165) is 55.8 Å². The van der Waals surface area contributed by atoms with E-state index in [1.165, 1.54) is 0 Å². The second-order valence-electron chi connectivity index (χ2n) is 12.3. The minimum absolute atomic E-state index is 0. The molecule has 5 aromatic carbocycles. The standard InChI is InChI=1S/C41H31N4O.Pt/c1-41(2,3)31-20-21-38(46)35(23-31)40-44-39-33(18-11-19-37(39)45(40)32-16-8-5-9-17-32)28-14-10-15-29(22-28)36-24-34(30(25-42)26-43-36)27-12-6-4-7-13-27;/h4-21,23-24,26,46H,1-3H3;/q-1;. The monoisotopic (exact) mass is 790 g/mol. The van der Waals surface area contributed by atoms with Crippen LogP contribution in [0.3, 0.4) is 0 Å². The van der Waals surface area contributed by atoms with Crippen molar-refractivity contribution in [2.45, 2.75) is 26.2 Å². The molecule has 2 aromatic heterocycles. The zero-order valence-electron chi connectivity index (χ0n) is 26.2. The predicted octanol–water partition coefficient (Wildman–Crippen LogP) is 9.76. The Bertz CT molecular complexity index is 2260. The number of rotatable bonds is 5. The number of nitriles is 1. The van der Waals surface area contributed by atoms with Gasteiger partial charge in [0.15, 0.2) is 0 Å². The van der Waals surface area contributed by atoms with Gasteiger partial charge < -0.3 is 5.11 Å². The van der Waals surface area contributed by atoms with Crippen LogP contribution in [0.1, 0.15) is 31.9 Å². The number of phenols is 1. The van der Waals surface area contributed by atoms with Crippen LogP contribution in [-0.2, 0) is 26.5 Å². The number of imidazole rings is 1. The molecule has 0 aliphatic rings. The van der Waals surface area contributed by atoms with Crippen molar-refractivity contribution in [2.75, 3.05) is 0 Å². The summed E-state index contributed by atoms with van der Waals surface area (Å²) >= 11 is 0. The molecule has 7 aromatic rings. The Morgan fingerprint density at radius 2 is 1.45 bits per heavy atom. The van der Waals surface area contributed by atoms with Gasteiger partial charge in [-0.1, -0.05) is 105 Å². The van der Waals surface area contributed by atoms with E-state index in [9.17, 15) is 10.4 Å². The van der Waals surface area contributed by atoms with Crippen molar-refractivity contribution in [3.05, 3.63) is 145 Å². The average molecular weight is 791 g/mol. The van der Waals surface area contributed by atoms with Gasteiger partial charge in [0.05, 0.1) is 22.2 Å². The molecule has 6 heteroatoms. The summed E-state index contributed by atoms with van der Waals surface area (Å²) in [7, 11) is 0. The number of aromatic hydroxyl groups is 1. The van der Waals surface area contributed by atoms with Gasteiger partial charge in [0.2, 0.25) is 0 Å². The van der Waals surface area contributed by atoms with Gasteiger partial charge in [-0.2, -0.15) is 5.26 Å². The van der Waals surface area contributed by atoms with E-state index in [2.05, 4.69) is 66.7 Å². The first-order chi connectivity index (χ1) is 22.3. The molecule has 0 fully saturated rings. The van der Waals surface area contributed by atoms with Crippen LogP contribution in [-0.4, -0.2) is 19.6 Å². The molecule has 0 spiro atoms. The maximum Gasteiger partial charge on any atom is 0.148 e. The van der Waals surface area contributed by atoms with Crippen LogP contribution < -0.4 is 0 Å². The summed E-state index contributed by atoms with van der Waals surface area (Å²) in [5, 5.41) is 20.9. The predicted molar refractivity (Wildman–Crippen MR) is 185 cm³/mol. The van der Waals surface area contributed by atoms with Crippen molar-refractivity contribution in [1.82, 2.24) is 14.5 Å². The molecular weight excluding hydrogens is 760 g/mol. The normalized spacial score (nSPS) is 11.2. The van der Waals surface area contributed by atoms with Crippen LogP contribution >= 0.6 is 0 Å². The van der Waals surface area contributed by atoms with Gasteiger partial charge in [-0.3, -0.25) is 9.55 Å². The van der Waals surface area contributed by atoms with E-state index >= 15 is 0 Å². The fourth-order valence-corrected chi connectivity index (χ4v) is 5.84.